The van der Waals surface area contributed by atoms with Crippen LogP contribution in [0.2, 0.25) is 0 Å². The molecule has 0 atom stereocenters. The van der Waals surface area contributed by atoms with Gasteiger partial charge in [0.2, 0.25) is 0 Å². The van der Waals surface area contributed by atoms with Gasteiger partial charge in [0.25, 0.3) is 0 Å². The second-order valence-corrected chi connectivity index (χ2v) is 4.81. The van der Waals surface area contributed by atoms with Crippen molar-refractivity contribution in [2.24, 2.45) is 0 Å². The van der Waals surface area contributed by atoms with Crippen molar-refractivity contribution in [3.63, 3.8) is 0 Å². The number of hydrogen-bond donors (Lipinski definition) is 1. The maximum Gasteiger partial charge on any atom is 0.158 e. The Kier molecular flexibility index (Phi) is 3.21. The fourth-order valence-electron chi connectivity index (χ4n) is 2.46. The average Bonchev–Trinajstić information content (AvgIpc) is 2.94. The predicted molar refractivity (Wildman–Crippen MR) is 73.9 cm³/mol. The third-order valence-corrected chi connectivity index (χ3v) is 3.54. The van der Waals surface area contributed by atoms with Gasteiger partial charge in [-0.3, -0.25) is 4.68 Å². The Labute approximate surface area is 116 Å². The third-order valence-electron chi connectivity index (χ3n) is 3.54. The zero-order valence-electron chi connectivity index (χ0n) is 11.0. The number of rotatable bonds is 2. The van der Waals surface area contributed by atoms with Crippen molar-refractivity contribution in [2.75, 3.05) is 23.7 Å². The van der Waals surface area contributed by atoms with E-state index in [4.69, 9.17) is 11.0 Å². The van der Waals surface area contributed by atoms with E-state index in [0.29, 0.717) is 17.6 Å². The molecule has 7 heteroatoms. The Hall–Kier alpha value is -2.62. The standard InChI is InChI=1S/C13H15N7/c14-7-10-8-17-13(9-16-10)19-4-1-11(2-5-19)20-6-3-12(15)18-20/h3,6,8-9,11H,1-2,4-5H2,(H2,15,18). The summed E-state index contributed by atoms with van der Waals surface area (Å²) in [5, 5.41) is 13.0. The van der Waals surface area contributed by atoms with Gasteiger partial charge < -0.3 is 10.6 Å². The minimum absolute atomic E-state index is 0.343. The SMILES string of the molecule is N#Cc1cnc(N2CCC(n3ccc(N)n3)CC2)cn1. The molecule has 0 unspecified atom stereocenters. The highest BCUT2D eigenvalue weighted by molar-refractivity contribution is 5.37. The maximum absolute atomic E-state index is 8.72. The second kappa shape index (κ2) is 5.17. The van der Waals surface area contributed by atoms with Crippen LogP contribution >= 0.6 is 0 Å². The first-order valence-electron chi connectivity index (χ1n) is 6.54. The Morgan fingerprint density at radius 2 is 2.05 bits per heavy atom. The summed E-state index contributed by atoms with van der Waals surface area (Å²) in [7, 11) is 0. The predicted octanol–water partition coefficient (Wildman–Crippen LogP) is 0.968. The molecule has 0 aliphatic carbocycles. The molecular weight excluding hydrogens is 254 g/mol. The molecule has 0 bridgehead atoms. The van der Waals surface area contributed by atoms with Gasteiger partial charge in [-0.15, -0.1) is 0 Å². The van der Waals surface area contributed by atoms with Crippen LogP contribution < -0.4 is 10.6 Å². The van der Waals surface area contributed by atoms with Crippen LogP contribution in [0.3, 0.4) is 0 Å². The molecule has 1 saturated heterocycles. The van der Waals surface area contributed by atoms with Crippen LogP contribution in [0.4, 0.5) is 11.6 Å². The number of nitrogens with zero attached hydrogens (tertiary/aromatic N) is 6. The number of anilines is 2. The molecule has 0 saturated carbocycles. The Bertz CT molecular complexity index is 617. The molecule has 2 N–H and O–H groups in total. The van der Waals surface area contributed by atoms with E-state index in [1.807, 2.05) is 23.0 Å². The van der Waals surface area contributed by atoms with E-state index in [1.54, 1.807) is 6.20 Å². The average molecular weight is 269 g/mol. The van der Waals surface area contributed by atoms with E-state index < -0.39 is 0 Å². The lowest BCUT2D eigenvalue weighted by Crippen LogP contribution is -2.35. The van der Waals surface area contributed by atoms with Crippen molar-refractivity contribution in [2.45, 2.75) is 18.9 Å². The van der Waals surface area contributed by atoms with Crippen molar-refractivity contribution in [1.29, 1.82) is 5.26 Å². The number of nitrogen functional groups attached to an aromatic ring is 1. The van der Waals surface area contributed by atoms with Crippen LogP contribution in [0.15, 0.2) is 24.7 Å². The molecule has 0 amide bonds. The molecule has 0 radical (unpaired) electrons. The Morgan fingerprint density at radius 1 is 1.25 bits per heavy atom. The minimum Gasteiger partial charge on any atom is -0.382 e. The van der Waals surface area contributed by atoms with Crippen molar-refractivity contribution < 1.29 is 0 Å². The molecule has 1 aliphatic rings. The van der Waals surface area contributed by atoms with Gasteiger partial charge in [0.1, 0.15) is 17.7 Å². The van der Waals surface area contributed by atoms with Gasteiger partial charge in [-0.25, -0.2) is 9.97 Å². The smallest absolute Gasteiger partial charge is 0.158 e. The maximum atomic E-state index is 8.72. The molecule has 2 aromatic rings. The van der Waals surface area contributed by atoms with Crippen LogP contribution in [0.5, 0.6) is 0 Å². The third kappa shape index (κ3) is 2.40. The highest BCUT2D eigenvalue weighted by atomic mass is 15.3. The summed E-state index contributed by atoms with van der Waals surface area (Å²) >= 11 is 0. The summed E-state index contributed by atoms with van der Waals surface area (Å²) in [6.07, 6.45) is 7.07. The number of nitriles is 1. The molecule has 1 aliphatic heterocycles. The minimum atomic E-state index is 0.343. The summed E-state index contributed by atoms with van der Waals surface area (Å²) in [6, 6.07) is 4.17. The van der Waals surface area contributed by atoms with Gasteiger partial charge in [0.05, 0.1) is 18.4 Å². The van der Waals surface area contributed by atoms with Crippen LogP contribution in [0.25, 0.3) is 0 Å². The van der Waals surface area contributed by atoms with Gasteiger partial charge in [-0.2, -0.15) is 10.4 Å². The summed E-state index contributed by atoms with van der Waals surface area (Å²) < 4.78 is 1.94. The molecule has 102 valence electrons. The van der Waals surface area contributed by atoms with Gasteiger partial charge in [-0.1, -0.05) is 0 Å². The first kappa shape index (κ1) is 12.4. The zero-order valence-corrected chi connectivity index (χ0v) is 11.0. The molecule has 1 fully saturated rings. The van der Waals surface area contributed by atoms with Crippen molar-refractivity contribution in [3.05, 3.63) is 30.4 Å². The van der Waals surface area contributed by atoms with Crippen molar-refractivity contribution in [1.82, 2.24) is 19.7 Å². The van der Waals surface area contributed by atoms with E-state index in [-0.39, 0.29) is 0 Å². The lowest BCUT2D eigenvalue weighted by molar-refractivity contribution is 0.366. The van der Waals surface area contributed by atoms with Gasteiger partial charge in [0, 0.05) is 19.3 Å². The summed E-state index contributed by atoms with van der Waals surface area (Å²) in [5.74, 6) is 1.38. The summed E-state index contributed by atoms with van der Waals surface area (Å²) in [6.45, 7) is 1.79. The number of piperidine rings is 1. The van der Waals surface area contributed by atoms with Gasteiger partial charge in [0.15, 0.2) is 5.69 Å². The summed E-state index contributed by atoms with van der Waals surface area (Å²) in [4.78, 5) is 10.5. The monoisotopic (exact) mass is 269 g/mol. The Balaban J connectivity index is 1.64. The summed E-state index contributed by atoms with van der Waals surface area (Å²) in [5.41, 5.74) is 5.99. The van der Waals surface area contributed by atoms with Crippen LogP contribution in [0.1, 0.15) is 24.6 Å². The molecule has 3 heterocycles. The van der Waals surface area contributed by atoms with Crippen molar-refractivity contribution in [3.8, 4) is 6.07 Å². The molecule has 7 nitrogen and oxygen atoms in total. The molecular formula is C13H15N7. The van der Waals surface area contributed by atoms with E-state index in [0.717, 1.165) is 31.7 Å². The molecule has 0 spiro atoms. The van der Waals surface area contributed by atoms with Crippen LogP contribution in [0, 0.1) is 11.3 Å². The zero-order chi connectivity index (χ0) is 13.9. The van der Waals surface area contributed by atoms with E-state index in [2.05, 4.69) is 20.0 Å². The molecule has 2 aromatic heterocycles. The normalized spacial score (nSPS) is 16.1. The molecule has 20 heavy (non-hydrogen) atoms. The van der Waals surface area contributed by atoms with Gasteiger partial charge >= 0.3 is 0 Å². The van der Waals surface area contributed by atoms with E-state index in [1.165, 1.54) is 6.20 Å². The van der Waals surface area contributed by atoms with Crippen LogP contribution in [-0.2, 0) is 0 Å². The molecule has 0 aromatic carbocycles. The number of aromatic nitrogens is 4. The largest absolute Gasteiger partial charge is 0.382 e. The topological polar surface area (TPSA) is 96.7 Å². The Morgan fingerprint density at radius 3 is 2.60 bits per heavy atom. The van der Waals surface area contributed by atoms with Gasteiger partial charge in [-0.05, 0) is 18.9 Å². The fraction of sp³-hybridized carbons (Fsp3) is 0.385. The quantitative estimate of drug-likeness (QED) is 0.872. The highest BCUT2D eigenvalue weighted by Crippen LogP contribution is 2.24. The van der Waals surface area contributed by atoms with Crippen molar-refractivity contribution >= 4 is 11.6 Å². The number of nitrogens with two attached hydrogens (primary N) is 1. The number of hydrogen-bond acceptors (Lipinski definition) is 6. The first-order valence-corrected chi connectivity index (χ1v) is 6.54. The highest BCUT2D eigenvalue weighted by Gasteiger charge is 2.22. The van der Waals surface area contributed by atoms with E-state index >= 15 is 0 Å². The molecule has 3 rings (SSSR count). The second-order valence-electron chi connectivity index (χ2n) is 4.81. The lowest BCUT2D eigenvalue weighted by atomic mass is 10.1. The van der Waals surface area contributed by atoms with E-state index in [9.17, 15) is 0 Å². The first-order chi connectivity index (χ1) is 9.76. The van der Waals surface area contributed by atoms with Crippen LogP contribution in [-0.4, -0.2) is 32.8 Å². The lowest BCUT2D eigenvalue weighted by Gasteiger charge is -2.32. The fourth-order valence-corrected chi connectivity index (χ4v) is 2.46.